The van der Waals surface area contributed by atoms with Gasteiger partial charge in [0.1, 0.15) is 9.76 Å². The molecule has 2 heterocycles. The van der Waals surface area contributed by atoms with Crippen LogP contribution in [-0.2, 0) is 4.79 Å². The molecular weight excluding hydrogens is 374 g/mol. The van der Waals surface area contributed by atoms with E-state index in [0.29, 0.717) is 16.3 Å². The van der Waals surface area contributed by atoms with Gasteiger partial charge in [0.2, 0.25) is 5.91 Å². The summed E-state index contributed by atoms with van der Waals surface area (Å²) in [5, 5.41) is 0.445. The Hall–Kier alpha value is -0.560. The lowest BCUT2D eigenvalue weighted by molar-refractivity contribution is -0.130. The molecule has 0 N–H and O–H groups in total. The van der Waals surface area contributed by atoms with Gasteiger partial charge in [0, 0.05) is 19.1 Å². The zero-order valence-corrected chi connectivity index (χ0v) is 15.1. The standard InChI is InChI=1S/C14H17BrClN3OS/c1-4-14(20)18-8-11(19(21-3)7-9(18)2)10-5-12(15)17-13(16)6-10/h4-6,9,11H,1,7-8H2,2-3H3/t9-,11-/m0/s1. The molecule has 7 heteroatoms. The molecule has 1 amide bonds. The Morgan fingerprint density at radius 2 is 2.29 bits per heavy atom. The number of aromatic nitrogens is 1. The van der Waals surface area contributed by atoms with Crippen LogP contribution in [0.4, 0.5) is 0 Å². The maximum Gasteiger partial charge on any atom is 0.246 e. The third-order valence-electron chi connectivity index (χ3n) is 3.56. The van der Waals surface area contributed by atoms with E-state index in [-0.39, 0.29) is 18.0 Å². The van der Waals surface area contributed by atoms with Crippen molar-refractivity contribution in [1.29, 1.82) is 0 Å². The first-order valence-electron chi connectivity index (χ1n) is 6.53. The minimum Gasteiger partial charge on any atom is -0.333 e. The molecule has 2 atom stereocenters. The molecule has 114 valence electrons. The first kappa shape index (κ1) is 16.8. The highest BCUT2D eigenvalue weighted by molar-refractivity contribution is 9.10. The number of carbonyl (C=O) groups is 1. The van der Waals surface area contributed by atoms with Crippen molar-refractivity contribution in [3.63, 3.8) is 0 Å². The Labute approximate surface area is 142 Å². The predicted octanol–water partition coefficient (Wildman–Crippen LogP) is 3.54. The highest BCUT2D eigenvalue weighted by Crippen LogP contribution is 2.34. The van der Waals surface area contributed by atoms with Crippen LogP contribution in [-0.4, -0.2) is 45.5 Å². The molecule has 1 saturated heterocycles. The quantitative estimate of drug-likeness (QED) is 0.449. The van der Waals surface area contributed by atoms with E-state index in [1.165, 1.54) is 6.08 Å². The smallest absolute Gasteiger partial charge is 0.246 e. The van der Waals surface area contributed by atoms with E-state index in [4.69, 9.17) is 11.6 Å². The van der Waals surface area contributed by atoms with Gasteiger partial charge >= 0.3 is 0 Å². The summed E-state index contributed by atoms with van der Waals surface area (Å²) in [7, 11) is 0. The van der Waals surface area contributed by atoms with Crippen molar-refractivity contribution in [3.05, 3.63) is 40.1 Å². The second-order valence-corrected chi connectivity index (χ2v) is 6.92. The van der Waals surface area contributed by atoms with Crippen LogP contribution in [0.1, 0.15) is 18.5 Å². The van der Waals surface area contributed by atoms with Crippen LogP contribution in [0.2, 0.25) is 5.15 Å². The van der Waals surface area contributed by atoms with Crippen molar-refractivity contribution in [1.82, 2.24) is 14.2 Å². The van der Waals surface area contributed by atoms with E-state index in [1.807, 2.05) is 23.3 Å². The third-order valence-corrected chi connectivity index (χ3v) is 5.03. The fraction of sp³-hybridized carbons (Fsp3) is 0.429. The van der Waals surface area contributed by atoms with Crippen LogP contribution in [0, 0.1) is 0 Å². The average molecular weight is 391 g/mol. The van der Waals surface area contributed by atoms with Gasteiger partial charge in [-0.25, -0.2) is 9.29 Å². The molecule has 1 aliphatic rings. The molecule has 1 aromatic rings. The molecule has 0 aromatic carbocycles. The van der Waals surface area contributed by atoms with Crippen LogP contribution in [0.3, 0.4) is 0 Å². The lowest BCUT2D eigenvalue weighted by atomic mass is 10.0. The topological polar surface area (TPSA) is 36.4 Å². The van der Waals surface area contributed by atoms with Gasteiger partial charge in [-0.15, -0.1) is 0 Å². The van der Waals surface area contributed by atoms with Gasteiger partial charge in [0.15, 0.2) is 0 Å². The van der Waals surface area contributed by atoms with E-state index < -0.39 is 0 Å². The molecule has 1 aliphatic heterocycles. The second-order valence-electron chi connectivity index (χ2n) is 4.89. The lowest BCUT2D eigenvalue weighted by Crippen LogP contribution is -2.52. The summed E-state index contributed by atoms with van der Waals surface area (Å²) in [4.78, 5) is 18.0. The van der Waals surface area contributed by atoms with Crippen LogP contribution in [0.5, 0.6) is 0 Å². The fourth-order valence-corrected chi connectivity index (χ4v) is 4.10. The summed E-state index contributed by atoms with van der Waals surface area (Å²) in [6.45, 7) is 7.04. The molecule has 0 unspecified atom stereocenters. The Kier molecular flexibility index (Phi) is 5.71. The summed E-state index contributed by atoms with van der Waals surface area (Å²) < 4.78 is 2.97. The maximum absolute atomic E-state index is 12.0. The summed E-state index contributed by atoms with van der Waals surface area (Å²) in [6, 6.07) is 4.04. The summed E-state index contributed by atoms with van der Waals surface area (Å²) in [6.07, 6.45) is 3.42. The zero-order chi connectivity index (χ0) is 15.6. The van der Waals surface area contributed by atoms with Gasteiger partial charge in [-0.3, -0.25) is 4.79 Å². The molecule has 0 radical (unpaired) electrons. The number of amides is 1. The summed E-state index contributed by atoms with van der Waals surface area (Å²) in [5.41, 5.74) is 1.05. The van der Waals surface area contributed by atoms with Gasteiger partial charge in [-0.05, 0) is 52.9 Å². The van der Waals surface area contributed by atoms with Crippen LogP contribution < -0.4 is 0 Å². The number of carbonyl (C=O) groups excluding carboxylic acids is 1. The molecular formula is C14H17BrClN3OS. The van der Waals surface area contributed by atoms with Crippen LogP contribution >= 0.6 is 39.5 Å². The SMILES string of the molecule is C=CC(=O)N1C[C@@H](c2cc(Cl)nc(Br)c2)N(SC)C[C@@H]1C. The van der Waals surface area contributed by atoms with Gasteiger partial charge in [0.25, 0.3) is 0 Å². The van der Waals surface area contributed by atoms with Gasteiger partial charge < -0.3 is 4.90 Å². The highest BCUT2D eigenvalue weighted by atomic mass is 79.9. The van der Waals surface area contributed by atoms with Crippen molar-refractivity contribution in [2.24, 2.45) is 0 Å². The van der Waals surface area contributed by atoms with E-state index in [0.717, 1.165) is 12.1 Å². The van der Waals surface area contributed by atoms with Crippen molar-refractivity contribution >= 4 is 45.4 Å². The van der Waals surface area contributed by atoms with Gasteiger partial charge in [-0.2, -0.15) is 0 Å². The number of rotatable bonds is 3. The molecule has 0 saturated carbocycles. The highest BCUT2D eigenvalue weighted by Gasteiger charge is 2.34. The molecule has 0 bridgehead atoms. The molecule has 0 spiro atoms. The average Bonchev–Trinajstić information content (AvgIpc) is 2.44. The van der Waals surface area contributed by atoms with Gasteiger partial charge in [0.05, 0.1) is 6.04 Å². The molecule has 21 heavy (non-hydrogen) atoms. The molecule has 1 fully saturated rings. The maximum atomic E-state index is 12.0. The minimum absolute atomic E-state index is 0.0347. The van der Waals surface area contributed by atoms with E-state index >= 15 is 0 Å². The number of nitrogens with zero attached hydrogens (tertiary/aromatic N) is 3. The minimum atomic E-state index is -0.0347. The van der Waals surface area contributed by atoms with Crippen molar-refractivity contribution < 1.29 is 4.79 Å². The van der Waals surface area contributed by atoms with Gasteiger partial charge in [-0.1, -0.05) is 30.1 Å². The van der Waals surface area contributed by atoms with Crippen molar-refractivity contribution in [2.75, 3.05) is 19.3 Å². The van der Waals surface area contributed by atoms with E-state index in [9.17, 15) is 4.79 Å². The van der Waals surface area contributed by atoms with E-state index in [1.54, 1.807) is 11.9 Å². The van der Waals surface area contributed by atoms with Crippen LogP contribution in [0.15, 0.2) is 29.4 Å². The van der Waals surface area contributed by atoms with Crippen molar-refractivity contribution in [2.45, 2.75) is 19.0 Å². The molecule has 4 nitrogen and oxygen atoms in total. The van der Waals surface area contributed by atoms with Crippen molar-refractivity contribution in [3.8, 4) is 0 Å². The summed E-state index contributed by atoms with van der Waals surface area (Å²) in [5.74, 6) is -0.0347. The predicted molar refractivity (Wildman–Crippen MR) is 91.3 cm³/mol. The number of hydrogen-bond donors (Lipinski definition) is 0. The Bertz CT molecular complexity index is 537. The Morgan fingerprint density at radius 3 is 2.86 bits per heavy atom. The monoisotopic (exact) mass is 389 g/mol. The normalized spacial score (nSPS) is 23.1. The molecule has 0 aliphatic carbocycles. The number of halogens is 2. The zero-order valence-electron chi connectivity index (χ0n) is 11.9. The first-order valence-corrected chi connectivity index (χ1v) is 8.88. The summed E-state index contributed by atoms with van der Waals surface area (Å²) >= 11 is 11.1. The Morgan fingerprint density at radius 1 is 1.57 bits per heavy atom. The fourth-order valence-electron chi connectivity index (χ4n) is 2.52. The van der Waals surface area contributed by atoms with E-state index in [2.05, 4.69) is 38.7 Å². The third kappa shape index (κ3) is 3.80. The number of piperazine rings is 1. The number of pyridine rings is 1. The number of hydrogen-bond acceptors (Lipinski definition) is 4. The van der Waals surface area contributed by atoms with Crippen LogP contribution in [0.25, 0.3) is 0 Å². The largest absolute Gasteiger partial charge is 0.333 e. The Balaban J connectivity index is 2.33. The molecule has 1 aromatic heterocycles. The lowest BCUT2D eigenvalue weighted by Gasteiger charge is -2.44. The first-order chi connectivity index (χ1) is 9.96. The second kappa shape index (κ2) is 7.13. The molecule has 2 rings (SSSR count).